The fourth-order valence-corrected chi connectivity index (χ4v) is 4.85. The first-order valence-corrected chi connectivity index (χ1v) is 12.6. The number of para-hydroxylation sites is 1. The largest absolute Gasteiger partial charge is 0.496 e. The van der Waals surface area contributed by atoms with Crippen LogP contribution in [0, 0.1) is 0 Å². The molecule has 0 aliphatic carbocycles. The Balaban J connectivity index is 1.67. The van der Waals surface area contributed by atoms with Crippen LogP contribution in [-0.2, 0) is 10.0 Å². The fraction of sp³-hybridized carbons (Fsp3) is 0.217. The van der Waals surface area contributed by atoms with E-state index in [4.69, 9.17) is 4.74 Å². The molecule has 0 spiro atoms. The van der Waals surface area contributed by atoms with Gasteiger partial charge in [0.05, 0.1) is 29.5 Å². The van der Waals surface area contributed by atoms with Crippen molar-refractivity contribution in [3.8, 4) is 5.75 Å². The molecule has 1 aliphatic rings. The Kier molecular flexibility index (Phi) is 6.29. The number of hydrogen-bond acceptors (Lipinski definition) is 6. The molecule has 166 valence electrons. The molecule has 32 heavy (non-hydrogen) atoms. The predicted molar refractivity (Wildman–Crippen MR) is 127 cm³/mol. The lowest BCUT2D eigenvalue weighted by Crippen LogP contribution is -2.26. The van der Waals surface area contributed by atoms with Crippen molar-refractivity contribution < 1.29 is 17.9 Å². The molecule has 9 heteroatoms. The van der Waals surface area contributed by atoms with Gasteiger partial charge in [0.2, 0.25) is 10.0 Å². The second kappa shape index (κ2) is 9.13. The van der Waals surface area contributed by atoms with Crippen molar-refractivity contribution >= 4 is 38.7 Å². The number of thiophene rings is 1. The summed E-state index contributed by atoms with van der Waals surface area (Å²) < 4.78 is 31.7. The molecule has 0 saturated carbocycles. The van der Waals surface area contributed by atoms with Crippen LogP contribution >= 0.6 is 11.3 Å². The zero-order valence-electron chi connectivity index (χ0n) is 17.7. The second-order valence-electron chi connectivity index (χ2n) is 7.22. The van der Waals surface area contributed by atoms with E-state index in [1.165, 1.54) is 16.3 Å². The van der Waals surface area contributed by atoms with Crippen LogP contribution in [0.4, 0.5) is 5.69 Å². The second-order valence-corrected chi connectivity index (χ2v) is 10.2. The van der Waals surface area contributed by atoms with Gasteiger partial charge in [-0.1, -0.05) is 36.4 Å². The highest BCUT2D eigenvalue weighted by atomic mass is 32.2. The van der Waals surface area contributed by atoms with E-state index in [0.29, 0.717) is 22.7 Å². The number of benzene rings is 2. The van der Waals surface area contributed by atoms with Crippen LogP contribution in [0.15, 0.2) is 71.1 Å². The molecule has 1 amide bonds. The molecule has 4 rings (SSSR count). The molecule has 0 fully saturated rings. The number of methoxy groups -OCH3 is 1. The van der Waals surface area contributed by atoms with Gasteiger partial charge in [-0.3, -0.25) is 9.52 Å². The lowest BCUT2D eigenvalue weighted by atomic mass is 9.97. The number of nitrogens with one attached hydrogen (secondary N) is 1. The minimum atomic E-state index is -3.35. The van der Waals surface area contributed by atoms with Gasteiger partial charge >= 0.3 is 0 Å². The Morgan fingerprint density at radius 3 is 2.56 bits per heavy atom. The molecule has 0 saturated heterocycles. The lowest BCUT2D eigenvalue weighted by Gasteiger charge is -2.23. The maximum Gasteiger partial charge on any atom is 0.284 e. The van der Waals surface area contributed by atoms with Gasteiger partial charge in [-0.25, -0.2) is 13.4 Å². The minimum absolute atomic E-state index is 0.00183. The maximum absolute atomic E-state index is 13.2. The summed E-state index contributed by atoms with van der Waals surface area (Å²) in [6, 6.07) is 18.0. The van der Waals surface area contributed by atoms with Crippen molar-refractivity contribution in [1.82, 2.24) is 5.01 Å². The number of sulfonamides is 1. The summed E-state index contributed by atoms with van der Waals surface area (Å²) in [7, 11) is -1.74. The van der Waals surface area contributed by atoms with Crippen molar-refractivity contribution in [3.63, 3.8) is 0 Å². The van der Waals surface area contributed by atoms with E-state index in [0.717, 1.165) is 16.8 Å². The average Bonchev–Trinajstić information content (AvgIpc) is 3.49. The number of carbonyl (C=O) groups is 1. The summed E-state index contributed by atoms with van der Waals surface area (Å²) in [6.07, 6.45) is 0.511. The third-order valence-corrected chi connectivity index (χ3v) is 7.38. The number of rotatable bonds is 7. The number of hydrogen-bond donors (Lipinski definition) is 1. The number of ether oxygens (including phenoxy) is 1. The smallest absolute Gasteiger partial charge is 0.284 e. The first-order valence-electron chi connectivity index (χ1n) is 10.1. The van der Waals surface area contributed by atoms with Crippen LogP contribution < -0.4 is 9.46 Å². The number of amides is 1. The normalized spacial score (nSPS) is 16.0. The standard InChI is InChI=1S/C23H23N3O4S2/c1-3-32(28,29)25-17-12-10-16(11-13-17)19-15-20(18-7-4-5-8-21(18)30-2)26(24-19)23(27)22-9-6-14-31-22/h4-14,20,25H,3,15H2,1-2H3/t20-/m1/s1. The summed E-state index contributed by atoms with van der Waals surface area (Å²) >= 11 is 1.37. The van der Waals surface area contributed by atoms with Crippen LogP contribution in [0.5, 0.6) is 5.75 Å². The van der Waals surface area contributed by atoms with Crippen molar-refractivity contribution in [1.29, 1.82) is 0 Å². The van der Waals surface area contributed by atoms with Crippen molar-refractivity contribution in [2.24, 2.45) is 5.10 Å². The van der Waals surface area contributed by atoms with Crippen LogP contribution in [0.3, 0.4) is 0 Å². The quantitative estimate of drug-likeness (QED) is 0.551. The first-order chi connectivity index (χ1) is 15.4. The molecule has 1 atom stereocenters. The number of hydrazone groups is 1. The average molecular weight is 470 g/mol. The minimum Gasteiger partial charge on any atom is -0.496 e. The molecular weight excluding hydrogens is 446 g/mol. The third-order valence-electron chi connectivity index (χ3n) is 5.22. The van der Waals surface area contributed by atoms with E-state index in [2.05, 4.69) is 9.82 Å². The van der Waals surface area contributed by atoms with E-state index in [9.17, 15) is 13.2 Å². The van der Waals surface area contributed by atoms with Gasteiger partial charge in [0.15, 0.2) is 0 Å². The molecule has 0 radical (unpaired) electrons. The monoisotopic (exact) mass is 469 g/mol. The van der Waals surface area contributed by atoms with Crippen molar-refractivity contribution in [2.45, 2.75) is 19.4 Å². The molecular formula is C23H23N3O4S2. The summed E-state index contributed by atoms with van der Waals surface area (Å²) in [4.78, 5) is 13.8. The Bertz CT molecular complexity index is 1240. The lowest BCUT2D eigenvalue weighted by molar-refractivity contribution is 0.0714. The summed E-state index contributed by atoms with van der Waals surface area (Å²) in [5.74, 6) is 0.530. The Morgan fingerprint density at radius 1 is 1.16 bits per heavy atom. The van der Waals surface area contributed by atoms with Crippen LogP contribution in [-0.4, -0.2) is 37.9 Å². The van der Waals surface area contributed by atoms with Gasteiger partial charge in [0, 0.05) is 17.7 Å². The molecule has 3 aromatic rings. The van der Waals surface area contributed by atoms with E-state index in [1.807, 2.05) is 47.8 Å². The number of carbonyl (C=O) groups excluding carboxylic acids is 1. The first kappa shape index (κ1) is 22.0. The van der Waals surface area contributed by atoms with E-state index in [-0.39, 0.29) is 17.7 Å². The van der Waals surface area contributed by atoms with Gasteiger partial charge in [0.1, 0.15) is 5.75 Å². The van der Waals surface area contributed by atoms with Gasteiger partial charge in [0.25, 0.3) is 5.91 Å². The molecule has 0 bridgehead atoms. The Hall–Kier alpha value is -3.17. The van der Waals surface area contributed by atoms with Crippen molar-refractivity contribution in [3.05, 3.63) is 82.0 Å². The van der Waals surface area contributed by atoms with Gasteiger partial charge in [-0.2, -0.15) is 5.10 Å². The third kappa shape index (κ3) is 4.53. The maximum atomic E-state index is 13.2. The van der Waals surface area contributed by atoms with Gasteiger partial charge in [-0.15, -0.1) is 11.3 Å². The molecule has 0 unspecified atom stereocenters. The molecule has 1 aromatic heterocycles. The van der Waals surface area contributed by atoms with E-state index >= 15 is 0 Å². The summed E-state index contributed by atoms with van der Waals surface area (Å²) in [5, 5.41) is 8.06. The zero-order chi connectivity index (χ0) is 22.7. The van der Waals surface area contributed by atoms with Crippen LogP contribution in [0.25, 0.3) is 0 Å². The molecule has 2 heterocycles. The molecule has 1 aliphatic heterocycles. The van der Waals surface area contributed by atoms with Gasteiger partial charge < -0.3 is 4.74 Å². The highest BCUT2D eigenvalue weighted by Crippen LogP contribution is 2.38. The van der Waals surface area contributed by atoms with E-state index in [1.54, 1.807) is 32.2 Å². The van der Waals surface area contributed by atoms with Crippen molar-refractivity contribution in [2.75, 3.05) is 17.6 Å². The fourth-order valence-electron chi connectivity index (χ4n) is 3.55. The van der Waals surface area contributed by atoms with Crippen LogP contribution in [0.1, 0.15) is 40.2 Å². The van der Waals surface area contributed by atoms with E-state index < -0.39 is 10.0 Å². The Morgan fingerprint density at radius 2 is 1.91 bits per heavy atom. The molecule has 2 aromatic carbocycles. The topological polar surface area (TPSA) is 88.1 Å². The van der Waals surface area contributed by atoms with Crippen LogP contribution in [0.2, 0.25) is 0 Å². The summed E-state index contributed by atoms with van der Waals surface area (Å²) in [5.41, 5.74) is 2.94. The van der Waals surface area contributed by atoms with Gasteiger partial charge in [-0.05, 0) is 42.1 Å². The molecule has 1 N–H and O–H groups in total. The highest BCUT2D eigenvalue weighted by Gasteiger charge is 2.35. The predicted octanol–water partition coefficient (Wildman–Crippen LogP) is 4.51. The zero-order valence-corrected chi connectivity index (χ0v) is 19.3. The number of anilines is 1. The SMILES string of the molecule is CCS(=O)(=O)Nc1ccc(C2=NN(C(=O)c3cccs3)[C@@H](c3ccccc3OC)C2)cc1. The summed E-state index contributed by atoms with van der Waals surface area (Å²) in [6.45, 7) is 1.58. The number of nitrogens with zero attached hydrogens (tertiary/aromatic N) is 2. The molecule has 7 nitrogen and oxygen atoms in total. The Labute approximate surface area is 191 Å². The highest BCUT2D eigenvalue weighted by molar-refractivity contribution is 7.92.